The highest BCUT2D eigenvalue weighted by Gasteiger charge is 2.20. The van der Waals surface area contributed by atoms with E-state index >= 15 is 0 Å². The molecule has 0 aliphatic carbocycles. The molecule has 0 fully saturated rings. The highest BCUT2D eigenvalue weighted by Crippen LogP contribution is 2.43. The number of hydrogen-bond acceptors (Lipinski definition) is 2. The molecule has 0 bridgehead atoms. The first-order valence-corrected chi connectivity index (χ1v) is 15.7. The average Bonchev–Trinajstić information content (AvgIpc) is 3.15. The Kier molecular flexibility index (Phi) is 6.89. The fourth-order valence-corrected chi connectivity index (χ4v) is 6.69. The first-order valence-electron chi connectivity index (χ1n) is 15.7. The second-order valence-corrected chi connectivity index (χ2v) is 11.7. The molecule has 1 heterocycles. The quantitative estimate of drug-likeness (QED) is 0.200. The van der Waals surface area contributed by atoms with Crippen LogP contribution in [0.4, 0.5) is 22.7 Å². The summed E-state index contributed by atoms with van der Waals surface area (Å²) in [5.74, 6) is 0. The Balaban J connectivity index is 1.30. The Morgan fingerprint density at radius 1 is 0.478 bits per heavy atom. The lowest BCUT2D eigenvalue weighted by Crippen LogP contribution is -2.10. The maximum atomic E-state index is 5.12. The predicted octanol–water partition coefficient (Wildman–Crippen LogP) is 12.2. The molecule has 0 unspecified atom stereocenters. The van der Waals surface area contributed by atoms with Gasteiger partial charge in [0.15, 0.2) is 0 Å². The van der Waals surface area contributed by atoms with Crippen molar-refractivity contribution in [2.45, 2.75) is 6.92 Å². The monoisotopic (exact) mass is 588 g/mol. The van der Waals surface area contributed by atoms with Crippen LogP contribution in [0.3, 0.4) is 0 Å². The first-order chi connectivity index (χ1) is 22.7. The molecule has 2 heteroatoms. The van der Waals surface area contributed by atoms with Crippen molar-refractivity contribution in [2.75, 3.05) is 4.90 Å². The number of benzene rings is 7. The summed E-state index contributed by atoms with van der Waals surface area (Å²) in [5.41, 5.74) is 14.2. The van der Waals surface area contributed by atoms with Gasteiger partial charge < -0.3 is 4.90 Å². The normalized spacial score (nSPS) is 13.3. The van der Waals surface area contributed by atoms with Crippen molar-refractivity contribution >= 4 is 44.8 Å². The van der Waals surface area contributed by atoms with Crippen LogP contribution in [-0.2, 0) is 0 Å². The van der Waals surface area contributed by atoms with Gasteiger partial charge in [-0.25, -0.2) is 0 Å². The summed E-state index contributed by atoms with van der Waals surface area (Å²) >= 11 is 0. The number of nitrogens with zero attached hydrogens (tertiary/aromatic N) is 2. The molecule has 1 aliphatic heterocycles. The van der Waals surface area contributed by atoms with Crippen molar-refractivity contribution in [1.82, 2.24) is 0 Å². The third-order valence-electron chi connectivity index (χ3n) is 8.93. The highest BCUT2D eigenvalue weighted by molar-refractivity contribution is 6.09. The fraction of sp³-hybridized carbons (Fsp3) is 0.0227. The van der Waals surface area contributed by atoms with Gasteiger partial charge >= 0.3 is 0 Å². The third kappa shape index (κ3) is 4.81. The van der Waals surface area contributed by atoms with Crippen LogP contribution in [0.1, 0.15) is 23.6 Å². The minimum absolute atomic E-state index is 0.943. The maximum absolute atomic E-state index is 5.12. The van der Waals surface area contributed by atoms with Gasteiger partial charge in [0.05, 0.1) is 11.4 Å². The second kappa shape index (κ2) is 11.5. The number of hydrogen-bond donors (Lipinski definition) is 0. The lowest BCUT2D eigenvalue weighted by Gasteiger charge is -2.27. The molecule has 0 N–H and O–H groups in total. The maximum Gasteiger partial charge on any atom is 0.0711 e. The topological polar surface area (TPSA) is 15.6 Å². The molecule has 7 aromatic carbocycles. The van der Waals surface area contributed by atoms with Crippen LogP contribution in [0.5, 0.6) is 0 Å². The van der Waals surface area contributed by atoms with E-state index in [1.54, 1.807) is 0 Å². The third-order valence-corrected chi connectivity index (χ3v) is 8.93. The van der Waals surface area contributed by atoms with E-state index in [0.717, 1.165) is 73.0 Å². The van der Waals surface area contributed by atoms with Gasteiger partial charge in [0.25, 0.3) is 0 Å². The standard InChI is InChI=1S/C44H32N2/c1-30-37-20-8-9-23-41(37)42-29-34(26-27-39(42)31(2)45-43-24-11-10-21-38(30)43)33-16-12-19-36(28-33)46(35-17-4-3-5-18-35)44-25-13-15-32-14-6-7-22-40(32)44/h3-29H,1H2,2H3/b45-31+. The van der Waals surface area contributed by atoms with Crippen molar-refractivity contribution < 1.29 is 0 Å². The molecule has 1 aliphatic rings. The summed E-state index contributed by atoms with van der Waals surface area (Å²) in [6.45, 7) is 6.66. The van der Waals surface area contributed by atoms with E-state index in [2.05, 4.69) is 176 Å². The number of anilines is 3. The van der Waals surface area contributed by atoms with Crippen LogP contribution in [0.2, 0.25) is 0 Å². The van der Waals surface area contributed by atoms with E-state index in [4.69, 9.17) is 4.99 Å². The van der Waals surface area contributed by atoms with Crippen LogP contribution in [0.15, 0.2) is 175 Å². The Labute approximate surface area is 270 Å². The Bertz CT molecular complexity index is 2290. The molecule has 0 atom stereocenters. The molecule has 218 valence electrons. The molecule has 0 saturated carbocycles. The SMILES string of the molecule is C=C1c2ccccc2/N=C(\C)c2ccc(-c3cccc(N(c4ccccc4)c4cccc5ccccc45)c3)cc2-c2ccccc21. The van der Waals surface area contributed by atoms with Crippen molar-refractivity contribution in [3.63, 3.8) is 0 Å². The number of aliphatic imine (C=N–C) groups is 1. The molecular weight excluding hydrogens is 556 g/mol. The zero-order chi connectivity index (χ0) is 31.0. The van der Waals surface area contributed by atoms with Crippen LogP contribution >= 0.6 is 0 Å². The van der Waals surface area contributed by atoms with Crippen LogP contribution < -0.4 is 4.90 Å². The summed E-state index contributed by atoms with van der Waals surface area (Å²) in [4.78, 5) is 7.47. The Morgan fingerprint density at radius 3 is 2.00 bits per heavy atom. The Morgan fingerprint density at radius 2 is 1.13 bits per heavy atom. The second-order valence-electron chi connectivity index (χ2n) is 11.7. The number of rotatable bonds is 4. The van der Waals surface area contributed by atoms with Crippen molar-refractivity contribution in [1.29, 1.82) is 0 Å². The van der Waals surface area contributed by atoms with Gasteiger partial charge in [-0.05, 0) is 88.2 Å². The van der Waals surface area contributed by atoms with E-state index in [0.29, 0.717) is 0 Å². The van der Waals surface area contributed by atoms with Gasteiger partial charge in [0, 0.05) is 33.6 Å². The zero-order valence-electron chi connectivity index (χ0n) is 25.7. The van der Waals surface area contributed by atoms with Gasteiger partial charge in [-0.1, -0.05) is 128 Å². The first kappa shape index (κ1) is 27.6. The van der Waals surface area contributed by atoms with Crippen molar-refractivity contribution in [3.8, 4) is 22.3 Å². The van der Waals surface area contributed by atoms with Gasteiger partial charge in [0.1, 0.15) is 0 Å². The molecule has 7 aromatic rings. The lowest BCUT2D eigenvalue weighted by atomic mass is 9.87. The van der Waals surface area contributed by atoms with Crippen molar-refractivity contribution in [2.24, 2.45) is 4.99 Å². The van der Waals surface area contributed by atoms with E-state index in [9.17, 15) is 0 Å². The Hall–Kier alpha value is -5.99. The minimum Gasteiger partial charge on any atom is -0.310 e. The minimum atomic E-state index is 0.943. The van der Waals surface area contributed by atoms with Crippen LogP contribution in [-0.4, -0.2) is 5.71 Å². The molecule has 8 rings (SSSR count). The molecule has 46 heavy (non-hydrogen) atoms. The zero-order valence-corrected chi connectivity index (χ0v) is 25.7. The van der Waals surface area contributed by atoms with Gasteiger partial charge in [0.2, 0.25) is 0 Å². The summed E-state index contributed by atoms with van der Waals surface area (Å²) < 4.78 is 0. The fourth-order valence-electron chi connectivity index (χ4n) is 6.69. The van der Waals surface area contributed by atoms with E-state index in [1.807, 2.05) is 6.07 Å². The molecule has 2 nitrogen and oxygen atoms in total. The van der Waals surface area contributed by atoms with Crippen LogP contribution in [0, 0.1) is 0 Å². The molecule has 0 radical (unpaired) electrons. The molecule has 0 spiro atoms. The number of para-hydroxylation sites is 2. The smallest absolute Gasteiger partial charge is 0.0711 e. The predicted molar refractivity (Wildman–Crippen MR) is 196 cm³/mol. The molecular formula is C44H32N2. The lowest BCUT2D eigenvalue weighted by molar-refractivity contribution is 1.30. The summed E-state index contributed by atoms with van der Waals surface area (Å²) in [7, 11) is 0. The van der Waals surface area contributed by atoms with Gasteiger partial charge in [-0.15, -0.1) is 0 Å². The van der Waals surface area contributed by atoms with Gasteiger partial charge in [-0.2, -0.15) is 0 Å². The molecule has 0 saturated heterocycles. The average molecular weight is 589 g/mol. The summed E-state index contributed by atoms with van der Waals surface area (Å²) in [6, 6.07) is 58.2. The molecule has 0 amide bonds. The van der Waals surface area contributed by atoms with Crippen molar-refractivity contribution in [3.05, 3.63) is 187 Å². The van der Waals surface area contributed by atoms with Gasteiger partial charge in [-0.3, -0.25) is 4.99 Å². The molecule has 0 aromatic heterocycles. The highest BCUT2D eigenvalue weighted by atomic mass is 15.1. The van der Waals surface area contributed by atoms with E-state index in [1.165, 1.54) is 10.8 Å². The summed E-state index contributed by atoms with van der Waals surface area (Å²) in [6.07, 6.45) is 0. The largest absolute Gasteiger partial charge is 0.310 e. The number of fused-ring (bicyclic) bond motifs is 5. The summed E-state index contributed by atoms with van der Waals surface area (Å²) in [5, 5.41) is 2.43. The van der Waals surface area contributed by atoms with E-state index < -0.39 is 0 Å². The van der Waals surface area contributed by atoms with E-state index in [-0.39, 0.29) is 0 Å². The van der Waals surface area contributed by atoms with Crippen LogP contribution in [0.25, 0.3) is 38.6 Å².